The van der Waals surface area contributed by atoms with Crippen molar-refractivity contribution in [2.24, 2.45) is 5.92 Å². The van der Waals surface area contributed by atoms with Gasteiger partial charge < -0.3 is 10.6 Å². The van der Waals surface area contributed by atoms with E-state index >= 15 is 0 Å². The molecule has 0 bridgehead atoms. The Hall–Kier alpha value is -2.05. The van der Waals surface area contributed by atoms with Gasteiger partial charge in [0.15, 0.2) is 0 Å². The number of halogens is 3. The van der Waals surface area contributed by atoms with E-state index in [4.69, 9.17) is 0 Å². The van der Waals surface area contributed by atoms with Crippen LogP contribution in [-0.4, -0.2) is 17.9 Å². The zero-order valence-corrected chi connectivity index (χ0v) is 13.6. The molecule has 1 aliphatic rings. The van der Waals surface area contributed by atoms with Gasteiger partial charge in [0.25, 0.3) is 0 Å². The van der Waals surface area contributed by atoms with Gasteiger partial charge in [0.1, 0.15) is 6.04 Å². The summed E-state index contributed by atoms with van der Waals surface area (Å²) in [5.41, 5.74) is -0.326. The highest BCUT2D eigenvalue weighted by atomic mass is 19.4. The van der Waals surface area contributed by atoms with Crippen molar-refractivity contribution in [2.45, 2.75) is 51.4 Å². The number of hydrogen-bond donors (Lipinski definition) is 2. The third-order valence-corrected chi connectivity index (χ3v) is 3.95. The zero-order chi connectivity index (χ0) is 17.9. The predicted octanol–water partition coefficient (Wildman–Crippen LogP) is 3.19. The summed E-state index contributed by atoms with van der Waals surface area (Å²) in [6.07, 6.45) is -3.23. The highest BCUT2D eigenvalue weighted by Crippen LogP contribution is 2.32. The lowest BCUT2D eigenvalue weighted by molar-refractivity contribution is -0.137. The lowest BCUT2D eigenvalue weighted by atomic mass is 9.95. The van der Waals surface area contributed by atoms with Crippen molar-refractivity contribution >= 4 is 11.8 Å². The highest BCUT2D eigenvalue weighted by molar-refractivity contribution is 5.90. The second-order valence-corrected chi connectivity index (χ2v) is 6.47. The molecule has 1 aliphatic heterocycles. The second-order valence-electron chi connectivity index (χ2n) is 6.47. The molecule has 2 amide bonds. The van der Waals surface area contributed by atoms with Crippen LogP contribution >= 0.6 is 0 Å². The van der Waals surface area contributed by atoms with E-state index in [0.717, 1.165) is 12.1 Å². The average molecular weight is 342 g/mol. The van der Waals surface area contributed by atoms with Crippen LogP contribution in [-0.2, 0) is 15.8 Å². The lowest BCUT2D eigenvalue weighted by Gasteiger charge is -2.23. The Labute approximate surface area is 138 Å². The van der Waals surface area contributed by atoms with Gasteiger partial charge in [-0.25, -0.2) is 0 Å². The molecule has 0 aromatic heterocycles. The maximum Gasteiger partial charge on any atom is 0.416 e. The molecule has 0 spiro atoms. The topological polar surface area (TPSA) is 58.2 Å². The standard InChI is InChI=1S/C17H21F3N2O2/c1-10(2)8-14(22-16(24)13-6-7-15(23)21-13)11-4-3-5-12(9-11)17(18,19)20/h3-5,9-10,13-14H,6-8H2,1-2H3,(H,21,23)(H,22,24)/t13-,14-/m0/s1. The molecule has 0 aliphatic carbocycles. The van der Waals surface area contributed by atoms with Crippen LogP contribution in [0.1, 0.15) is 50.3 Å². The minimum atomic E-state index is -4.43. The van der Waals surface area contributed by atoms with Gasteiger partial charge in [0, 0.05) is 6.42 Å². The van der Waals surface area contributed by atoms with Crippen LogP contribution in [0.25, 0.3) is 0 Å². The van der Waals surface area contributed by atoms with Crippen LogP contribution in [0.4, 0.5) is 13.2 Å². The monoisotopic (exact) mass is 342 g/mol. The van der Waals surface area contributed by atoms with E-state index in [-0.39, 0.29) is 24.2 Å². The van der Waals surface area contributed by atoms with Crippen molar-refractivity contribution in [3.8, 4) is 0 Å². The Balaban J connectivity index is 2.19. The number of nitrogens with one attached hydrogen (secondary N) is 2. The number of alkyl halides is 3. The molecule has 2 rings (SSSR count). The van der Waals surface area contributed by atoms with Gasteiger partial charge in [-0.2, -0.15) is 13.2 Å². The summed E-state index contributed by atoms with van der Waals surface area (Å²) in [4.78, 5) is 23.5. The Kier molecular flexibility index (Phi) is 5.51. The Morgan fingerprint density at radius 3 is 2.62 bits per heavy atom. The smallest absolute Gasteiger partial charge is 0.348 e. The molecular formula is C17H21F3N2O2. The van der Waals surface area contributed by atoms with Gasteiger partial charge in [-0.05, 0) is 36.5 Å². The molecule has 1 heterocycles. The first-order chi connectivity index (χ1) is 11.2. The van der Waals surface area contributed by atoms with E-state index in [1.54, 1.807) is 6.07 Å². The summed E-state index contributed by atoms with van der Waals surface area (Å²) < 4.78 is 38.7. The largest absolute Gasteiger partial charge is 0.416 e. The minimum absolute atomic E-state index is 0.183. The van der Waals surface area contributed by atoms with Gasteiger partial charge in [0.05, 0.1) is 11.6 Å². The molecule has 2 N–H and O–H groups in total. The van der Waals surface area contributed by atoms with E-state index in [2.05, 4.69) is 10.6 Å². The average Bonchev–Trinajstić information content (AvgIpc) is 2.92. The third kappa shape index (κ3) is 4.72. The molecule has 2 atom stereocenters. The van der Waals surface area contributed by atoms with E-state index in [1.807, 2.05) is 13.8 Å². The summed E-state index contributed by atoms with van der Waals surface area (Å²) in [6, 6.07) is 3.86. The molecule has 4 nitrogen and oxygen atoms in total. The molecular weight excluding hydrogens is 321 g/mol. The summed E-state index contributed by atoms with van der Waals surface area (Å²) in [5, 5.41) is 5.35. The van der Waals surface area contributed by atoms with Crippen molar-refractivity contribution in [3.63, 3.8) is 0 Å². The number of amides is 2. The number of carbonyl (C=O) groups is 2. The van der Waals surface area contributed by atoms with E-state index < -0.39 is 23.8 Å². The van der Waals surface area contributed by atoms with Crippen LogP contribution in [0, 0.1) is 5.92 Å². The highest BCUT2D eigenvalue weighted by Gasteiger charge is 2.32. The van der Waals surface area contributed by atoms with Crippen LogP contribution in [0.2, 0.25) is 0 Å². The fraction of sp³-hybridized carbons (Fsp3) is 0.529. The van der Waals surface area contributed by atoms with Gasteiger partial charge in [-0.15, -0.1) is 0 Å². The number of hydrogen-bond acceptors (Lipinski definition) is 2. The zero-order valence-electron chi connectivity index (χ0n) is 13.6. The molecule has 132 valence electrons. The van der Waals surface area contributed by atoms with E-state index in [9.17, 15) is 22.8 Å². The number of rotatable bonds is 5. The fourth-order valence-electron chi connectivity index (χ4n) is 2.76. The summed E-state index contributed by atoms with van der Waals surface area (Å²) >= 11 is 0. The van der Waals surface area contributed by atoms with Gasteiger partial charge >= 0.3 is 6.18 Å². The third-order valence-electron chi connectivity index (χ3n) is 3.95. The summed E-state index contributed by atoms with van der Waals surface area (Å²) in [7, 11) is 0. The van der Waals surface area contributed by atoms with Crippen molar-refractivity contribution in [3.05, 3.63) is 35.4 Å². The number of benzene rings is 1. The summed E-state index contributed by atoms with van der Waals surface area (Å²) in [5.74, 6) is -0.360. The summed E-state index contributed by atoms with van der Waals surface area (Å²) in [6.45, 7) is 3.87. The van der Waals surface area contributed by atoms with Gasteiger partial charge in [-0.3, -0.25) is 9.59 Å². The maximum atomic E-state index is 12.9. The number of carbonyl (C=O) groups excluding carboxylic acids is 2. The SMILES string of the molecule is CC(C)C[C@H](NC(=O)[C@@H]1CCC(=O)N1)c1cccc(C(F)(F)F)c1. The molecule has 0 radical (unpaired) electrons. The van der Waals surface area contributed by atoms with E-state index in [1.165, 1.54) is 6.07 Å². The molecule has 1 aromatic carbocycles. The second kappa shape index (κ2) is 7.23. The van der Waals surface area contributed by atoms with Crippen molar-refractivity contribution in [2.75, 3.05) is 0 Å². The molecule has 1 saturated heterocycles. The van der Waals surface area contributed by atoms with Crippen molar-refractivity contribution in [1.82, 2.24) is 10.6 Å². The first kappa shape index (κ1) is 18.3. The van der Waals surface area contributed by atoms with Crippen LogP contribution < -0.4 is 10.6 Å². The Bertz CT molecular complexity index is 614. The molecule has 24 heavy (non-hydrogen) atoms. The maximum absolute atomic E-state index is 12.9. The van der Waals surface area contributed by atoms with Crippen LogP contribution in [0.15, 0.2) is 24.3 Å². The molecule has 0 unspecified atom stereocenters. The Morgan fingerprint density at radius 1 is 1.38 bits per heavy atom. The molecule has 7 heteroatoms. The van der Waals surface area contributed by atoms with E-state index in [0.29, 0.717) is 18.4 Å². The van der Waals surface area contributed by atoms with Crippen molar-refractivity contribution < 1.29 is 22.8 Å². The van der Waals surface area contributed by atoms with Crippen molar-refractivity contribution in [1.29, 1.82) is 0 Å². The van der Waals surface area contributed by atoms with Gasteiger partial charge in [0.2, 0.25) is 11.8 Å². The predicted molar refractivity (Wildman–Crippen MR) is 82.9 cm³/mol. The molecule has 0 saturated carbocycles. The lowest BCUT2D eigenvalue weighted by Crippen LogP contribution is -2.43. The molecule has 1 aromatic rings. The molecule has 1 fully saturated rings. The normalized spacial score (nSPS) is 19.2. The minimum Gasteiger partial charge on any atom is -0.348 e. The van der Waals surface area contributed by atoms with Crippen LogP contribution in [0.5, 0.6) is 0 Å². The Morgan fingerprint density at radius 2 is 2.08 bits per heavy atom. The van der Waals surface area contributed by atoms with Crippen LogP contribution in [0.3, 0.4) is 0 Å². The quantitative estimate of drug-likeness (QED) is 0.863. The van der Waals surface area contributed by atoms with Gasteiger partial charge in [-0.1, -0.05) is 26.0 Å². The first-order valence-electron chi connectivity index (χ1n) is 7.93. The first-order valence-corrected chi connectivity index (χ1v) is 7.93. The fourth-order valence-corrected chi connectivity index (χ4v) is 2.76.